The molecule has 0 aliphatic heterocycles. The lowest BCUT2D eigenvalue weighted by atomic mass is 10.2. The maximum absolute atomic E-state index is 12.3. The molecular weight excluding hydrogens is 268 g/mol. The molecule has 0 aromatic heterocycles. The fourth-order valence-corrected chi connectivity index (χ4v) is 1.87. The van der Waals surface area contributed by atoms with Crippen molar-refractivity contribution in [1.29, 1.82) is 0 Å². The Morgan fingerprint density at radius 1 is 1.22 bits per heavy atom. The van der Waals surface area contributed by atoms with Crippen LogP contribution in [0.3, 0.4) is 0 Å². The van der Waals surface area contributed by atoms with Crippen molar-refractivity contribution in [1.82, 2.24) is 0 Å². The van der Waals surface area contributed by atoms with E-state index in [0.717, 1.165) is 24.3 Å². The van der Waals surface area contributed by atoms with E-state index >= 15 is 0 Å². The molecule has 100 valence electrons. The molecule has 0 saturated heterocycles. The second kappa shape index (κ2) is 5.14. The highest BCUT2D eigenvalue weighted by Gasteiger charge is 2.30. The number of halogens is 3. The fourth-order valence-electron chi connectivity index (χ4n) is 1.19. The van der Waals surface area contributed by atoms with Crippen LogP contribution in [0, 0.1) is 0 Å². The van der Waals surface area contributed by atoms with Gasteiger partial charge in [-0.3, -0.25) is 4.79 Å². The van der Waals surface area contributed by atoms with E-state index in [1.807, 2.05) is 0 Å². The van der Waals surface area contributed by atoms with E-state index < -0.39 is 24.9 Å². The van der Waals surface area contributed by atoms with E-state index in [2.05, 4.69) is 0 Å². The molecule has 0 unspecified atom stereocenters. The molecule has 1 rings (SSSR count). The largest absolute Gasteiger partial charge is 0.426 e. The third kappa shape index (κ3) is 4.92. The van der Waals surface area contributed by atoms with Crippen LogP contribution in [0.1, 0.15) is 5.56 Å². The van der Waals surface area contributed by atoms with E-state index in [1.165, 1.54) is 13.3 Å². The van der Waals surface area contributed by atoms with Gasteiger partial charge < -0.3 is 9.30 Å². The molecule has 1 aromatic carbocycles. The summed E-state index contributed by atoms with van der Waals surface area (Å²) in [6, 6.07) is 3.74. The topological polar surface area (TPSA) is 43.4 Å². The van der Waals surface area contributed by atoms with Crippen molar-refractivity contribution >= 4 is 13.1 Å². The molecule has 18 heavy (non-hydrogen) atoms. The Bertz CT molecular complexity index is 473. The average molecular weight is 280 g/mol. The summed E-state index contributed by atoms with van der Waals surface area (Å²) in [6.07, 6.45) is -4.67. The molecule has 1 aromatic rings. The lowest BCUT2D eigenvalue weighted by Crippen LogP contribution is -2.13. The predicted octanol–water partition coefficient (Wildman–Crippen LogP) is 3.23. The SMILES string of the molecule is CP(C)(=O)CC(=O)Oc1ccc(C(F)(F)F)cc1. The number of benzene rings is 1. The van der Waals surface area contributed by atoms with Crippen molar-refractivity contribution < 1.29 is 27.3 Å². The number of hydrogen-bond acceptors (Lipinski definition) is 3. The van der Waals surface area contributed by atoms with E-state index in [-0.39, 0.29) is 11.9 Å². The first-order valence-electron chi connectivity index (χ1n) is 5.00. The molecule has 0 spiro atoms. The highest BCUT2D eigenvalue weighted by atomic mass is 31.2. The first-order valence-corrected chi connectivity index (χ1v) is 7.78. The summed E-state index contributed by atoms with van der Waals surface area (Å²) in [6.45, 7) is 2.86. The van der Waals surface area contributed by atoms with E-state index in [4.69, 9.17) is 4.74 Å². The van der Waals surface area contributed by atoms with Crippen LogP contribution in [0.5, 0.6) is 5.75 Å². The summed E-state index contributed by atoms with van der Waals surface area (Å²) in [7, 11) is -2.55. The Kier molecular flexibility index (Phi) is 4.22. The van der Waals surface area contributed by atoms with Gasteiger partial charge >= 0.3 is 12.1 Å². The molecule has 7 heteroatoms. The van der Waals surface area contributed by atoms with Crippen molar-refractivity contribution in [3.05, 3.63) is 29.8 Å². The Morgan fingerprint density at radius 3 is 2.11 bits per heavy atom. The summed E-state index contributed by atoms with van der Waals surface area (Å²) >= 11 is 0. The van der Waals surface area contributed by atoms with Gasteiger partial charge in [0.15, 0.2) is 0 Å². The third-order valence-electron chi connectivity index (χ3n) is 1.92. The van der Waals surface area contributed by atoms with Gasteiger partial charge in [-0.2, -0.15) is 13.2 Å². The first kappa shape index (κ1) is 14.8. The molecule has 0 aliphatic carbocycles. The highest BCUT2D eigenvalue weighted by Crippen LogP contribution is 2.35. The van der Waals surface area contributed by atoms with Gasteiger partial charge in [0.2, 0.25) is 0 Å². The average Bonchev–Trinajstić information content (AvgIpc) is 2.13. The fraction of sp³-hybridized carbons (Fsp3) is 0.364. The van der Waals surface area contributed by atoms with Gasteiger partial charge in [0.1, 0.15) is 5.75 Å². The van der Waals surface area contributed by atoms with Gasteiger partial charge in [-0.15, -0.1) is 0 Å². The van der Waals surface area contributed by atoms with Crippen molar-refractivity contribution in [3.8, 4) is 5.75 Å². The van der Waals surface area contributed by atoms with Gasteiger partial charge in [-0.1, -0.05) is 0 Å². The van der Waals surface area contributed by atoms with E-state index in [9.17, 15) is 22.5 Å². The second-order valence-corrected chi connectivity index (χ2v) is 7.69. The summed E-state index contributed by atoms with van der Waals surface area (Å²) in [5, 5.41) is 0. The molecule has 0 aliphatic rings. The lowest BCUT2D eigenvalue weighted by Gasteiger charge is -2.09. The summed E-state index contributed by atoms with van der Waals surface area (Å²) in [5.41, 5.74) is -0.820. The molecule has 0 saturated carbocycles. The molecule has 3 nitrogen and oxygen atoms in total. The van der Waals surface area contributed by atoms with Crippen molar-refractivity contribution in [3.63, 3.8) is 0 Å². The molecule has 0 radical (unpaired) electrons. The number of ether oxygens (including phenoxy) is 1. The zero-order valence-electron chi connectivity index (χ0n) is 9.82. The molecule has 0 atom stereocenters. The van der Waals surface area contributed by atoms with Crippen LogP contribution in [-0.4, -0.2) is 25.5 Å². The van der Waals surface area contributed by atoms with E-state index in [0.29, 0.717) is 0 Å². The standard InChI is InChI=1S/C11H12F3O3P/c1-18(2,16)7-10(15)17-9-5-3-8(4-6-9)11(12,13)14/h3-6H,7H2,1-2H3. The zero-order chi connectivity index (χ0) is 14.0. The van der Waals surface area contributed by atoms with Gasteiger partial charge in [-0.05, 0) is 37.6 Å². The number of rotatable bonds is 3. The molecule has 0 heterocycles. The highest BCUT2D eigenvalue weighted by molar-refractivity contribution is 7.63. The Morgan fingerprint density at radius 2 is 1.72 bits per heavy atom. The van der Waals surface area contributed by atoms with Crippen LogP contribution in [0.15, 0.2) is 24.3 Å². The maximum Gasteiger partial charge on any atom is 0.416 e. The van der Waals surface area contributed by atoms with Crippen LogP contribution in [0.25, 0.3) is 0 Å². The van der Waals surface area contributed by atoms with Gasteiger partial charge in [-0.25, -0.2) is 0 Å². The molecule has 0 fully saturated rings. The van der Waals surface area contributed by atoms with Crippen molar-refractivity contribution in [2.24, 2.45) is 0 Å². The Hall–Kier alpha value is -1.29. The van der Waals surface area contributed by atoms with Crippen LogP contribution < -0.4 is 4.74 Å². The molecule has 0 N–H and O–H groups in total. The van der Waals surface area contributed by atoms with Gasteiger partial charge in [0.05, 0.1) is 18.9 Å². The number of carbonyl (C=O) groups excluding carboxylic acids is 1. The Balaban J connectivity index is 2.70. The maximum atomic E-state index is 12.3. The number of esters is 1. The minimum absolute atomic E-state index is 0.00134. The van der Waals surface area contributed by atoms with Crippen LogP contribution in [-0.2, 0) is 15.5 Å². The minimum Gasteiger partial charge on any atom is -0.426 e. The Labute approximate surface area is 102 Å². The first-order chi connectivity index (χ1) is 8.08. The smallest absolute Gasteiger partial charge is 0.416 e. The third-order valence-corrected chi connectivity index (χ3v) is 2.94. The van der Waals surface area contributed by atoms with Crippen LogP contribution in [0.2, 0.25) is 0 Å². The molecule has 0 bridgehead atoms. The number of carbonyl (C=O) groups is 1. The summed E-state index contributed by atoms with van der Waals surface area (Å²) in [5.74, 6) is -0.718. The summed E-state index contributed by atoms with van der Waals surface area (Å²) < 4.78 is 52.9. The predicted molar refractivity (Wildman–Crippen MR) is 61.4 cm³/mol. The molecular formula is C11H12F3O3P. The van der Waals surface area contributed by atoms with E-state index in [1.54, 1.807) is 0 Å². The van der Waals surface area contributed by atoms with Crippen LogP contribution >= 0.6 is 7.14 Å². The normalized spacial score (nSPS) is 12.3. The zero-order valence-corrected chi connectivity index (χ0v) is 10.7. The minimum atomic E-state index is -4.43. The lowest BCUT2D eigenvalue weighted by molar-refractivity contribution is -0.137. The van der Waals surface area contributed by atoms with Crippen LogP contribution in [0.4, 0.5) is 13.2 Å². The monoisotopic (exact) mass is 280 g/mol. The number of hydrogen-bond donors (Lipinski definition) is 0. The second-order valence-electron chi connectivity index (χ2n) is 4.23. The van der Waals surface area contributed by atoms with Crippen molar-refractivity contribution in [2.75, 3.05) is 19.5 Å². The molecule has 0 amide bonds. The van der Waals surface area contributed by atoms with Crippen molar-refractivity contribution in [2.45, 2.75) is 6.18 Å². The van der Waals surface area contributed by atoms with Gasteiger partial charge in [0, 0.05) is 0 Å². The quantitative estimate of drug-likeness (QED) is 0.485. The van der Waals surface area contributed by atoms with Gasteiger partial charge in [0.25, 0.3) is 0 Å². The summed E-state index contributed by atoms with van der Waals surface area (Å²) in [4.78, 5) is 11.3. The number of alkyl halides is 3.